The molecule has 6 nitrogen and oxygen atoms in total. The fourth-order valence-corrected chi connectivity index (χ4v) is 6.28. The molecule has 0 saturated carbocycles. The molecule has 172 valence electrons. The third kappa shape index (κ3) is 3.49. The number of benzene rings is 1. The molecule has 0 spiro atoms. The molecule has 1 aromatic carbocycles. The van der Waals surface area contributed by atoms with Gasteiger partial charge < -0.3 is 19.4 Å². The standard InChI is InChI=1S/C26H35N3O3/c1-4-17-15-29-13-10-18-24-21(8-7-9-23(24)32-3)27-25(18)22(29)14-19(17)20(16-31-2)26(30)28-11-5-6-12-28/h7-9,16-17,19,22,27H,4-6,10-15H2,1-3H3/b20-16+/t17-,19+,22+/m1/s1. The van der Waals surface area contributed by atoms with Crippen LogP contribution in [0.1, 0.15) is 49.9 Å². The molecule has 3 aliphatic rings. The SMILES string of the molecule is CC[C@@H]1CN2CCc3c([nH]c4cccc(OC)c34)[C@@H]2C[C@@H]1/C(=C\OC)C(=O)N1CCCC1. The van der Waals surface area contributed by atoms with E-state index in [9.17, 15) is 4.79 Å². The Balaban J connectivity index is 1.52. The summed E-state index contributed by atoms with van der Waals surface area (Å²) in [5.74, 6) is 1.78. The van der Waals surface area contributed by atoms with Gasteiger partial charge in [0.2, 0.25) is 0 Å². The van der Waals surface area contributed by atoms with Crippen LogP contribution in [-0.4, -0.2) is 61.1 Å². The van der Waals surface area contributed by atoms with E-state index in [-0.39, 0.29) is 17.9 Å². The van der Waals surface area contributed by atoms with Gasteiger partial charge in [0.1, 0.15) is 5.75 Å². The van der Waals surface area contributed by atoms with Crippen molar-refractivity contribution in [3.8, 4) is 5.75 Å². The first-order valence-electron chi connectivity index (χ1n) is 12.1. The number of aromatic amines is 1. The molecule has 3 atom stereocenters. The average molecular weight is 438 g/mol. The molecule has 32 heavy (non-hydrogen) atoms. The molecule has 6 heteroatoms. The van der Waals surface area contributed by atoms with Crippen LogP contribution in [0.3, 0.4) is 0 Å². The molecule has 5 rings (SSSR count). The van der Waals surface area contributed by atoms with Gasteiger partial charge in [-0.15, -0.1) is 0 Å². The first kappa shape index (κ1) is 21.4. The molecule has 1 aromatic heterocycles. The molecule has 3 aliphatic heterocycles. The van der Waals surface area contributed by atoms with Crippen molar-refractivity contribution in [1.82, 2.24) is 14.8 Å². The molecule has 2 saturated heterocycles. The lowest BCUT2D eigenvalue weighted by Crippen LogP contribution is -2.47. The van der Waals surface area contributed by atoms with Crippen molar-refractivity contribution in [2.45, 2.75) is 45.1 Å². The molecule has 4 heterocycles. The third-order valence-corrected chi connectivity index (χ3v) is 7.89. The van der Waals surface area contributed by atoms with E-state index < -0.39 is 0 Å². The summed E-state index contributed by atoms with van der Waals surface area (Å²) in [4.78, 5) is 21.8. The average Bonchev–Trinajstić information content (AvgIpc) is 3.49. The summed E-state index contributed by atoms with van der Waals surface area (Å²) in [6.07, 6.45) is 6.97. The van der Waals surface area contributed by atoms with E-state index in [2.05, 4.69) is 22.9 Å². The lowest BCUT2D eigenvalue weighted by atomic mass is 9.73. The first-order valence-corrected chi connectivity index (χ1v) is 12.1. The molecule has 0 bridgehead atoms. The smallest absolute Gasteiger partial charge is 0.253 e. The summed E-state index contributed by atoms with van der Waals surface area (Å²) in [5.41, 5.74) is 4.70. The number of nitrogens with one attached hydrogen (secondary N) is 1. The fourth-order valence-electron chi connectivity index (χ4n) is 6.28. The van der Waals surface area contributed by atoms with E-state index in [1.165, 1.54) is 16.6 Å². The van der Waals surface area contributed by atoms with E-state index in [4.69, 9.17) is 9.47 Å². The number of H-pyrrole nitrogens is 1. The fraction of sp³-hybridized carbons (Fsp3) is 0.577. The van der Waals surface area contributed by atoms with Crippen molar-refractivity contribution in [2.24, 2.45) is 11.8 Å². The second-order valence-electron chi connectivity index (χ2n) is 9.48. The topological polar surface area (TPSA) is 57.8 Å². The molecule has 0 aliphatic carbocycles. The van der Waals surface area contributed by atoms with Crippen LogP contribution < -0.4 is 4.74 Å². The number of fused-ring (bicyclic) bond motifs is 5. The number of hydrogen-bond acceptors (Lipinski definition) is 4. The van der Waals surface area contributed by atoms with Crippen LogP contribution in [0.25, 0.3) is 10.9 Å². The van der Waals surface area contributed by atoms with Crippen LogP contribution in [0.15, 0.2) is 30.0 Å². The Hall–Kier alpha value is -2.47. The predicted octanol–water partition coefficient (Wildman–Crippen LogP) is 4.27. The van der Waals surface area contributed by atoms with Crippen LogP contribution in [0.4, 0.5) is 0 Å². The number of ether oxygens (including phenoxy) is 2. The molecular weight excluding hydrogens is 402 g/mol. The second kappa shape index (κ2) is 8.81. The third-order valence-electron chi connectivity index (χ3n) is 7.89. The highest BCUT2D eigenvalue weighted by Gasteiger charge is 2.43. The van der Waals surface area contributed by atoms with Crippen molar-refractivity contribution in [3.63, 3.8) is 0 Å². The highest BCUT2D eigenvalue weighted by atomic mass is 16.5. The maximum atomic E-state index is 13.5. The number of nitrogens with zero attached hydrogens (tertiary/aromatic N) is 2. The van der Waals surface area contributed by atoms with Gasteiger partial charge in [-0.2, -0.15) is 0 Å². The number of carbonyl (C=O) groups excluding carboxylic acids is 1. The van der Waals surface area contributed by atoms with Crippen molar-refractivity contribution < 1.29 is 14.3 Å². The Labute approximate surface area is 190 Å². The molecule has 1 N–H and O–H groups in total. The number of piperidine rings is 1. The highest BCUT2D eigenvalue weighted by Crippen LogP contribution is 2.47. The monoisotopic (exact) mass is 437 g/mol. The van der Waals surface area contributed by atoms with Crippen LogP contribution in [-0.2, 0) is 16.0 Å². The molecule has 0 radical (unpaired) electrons. The summed E-state index contributed by atoms with van der Waals surface area (Å²) in [7, 11) is 3.41. The Morgan fingerprint density at radius 1 is 1.22 bits per heavy atom. The molecule has 1 amide bonds. The van der Waals surface area contributed by atoms with E-state index in [1.54, 1.807) is 20.5 Å². The minimum absolute atomic E-state index is 0.176. The summed E-state index contributed by atoms with van der Waals surface area (Å²) < 4.78 is 11.2. The van der Waals surface area contributed by atoms with Gasteiger partial charge in [0.05, 0.1) is 32.1 Å². The van der Waals surface area contributed by atoms with Gasteiger partial charge in [0.15, 0.2) is 0 Å². The van der Waals surface area contributed by atoms with Gasteiger partial charge >= 0.3 is 0 Å². The Morgan fingerprint density at radius 2 is 2.03 bits per heavy atom. The zero-order valence-electron chi connectivity index (χ0n) is 19.5. The van der Waals surface area contributed by atoms with E-state index in [0.717, 1.165) is 75.1 Å². The van der Waals surface area contributed by atoms with E-state index in [0.29, 0.717) is 5.92 Å². The summed E-state index contributed by atoms with van der Waals surface area (Å²) in [5, 5.41) is 1.22. The van der Waals surface area contributed by atoms with Gasteiger partial charge in [0, 0.05) is 42.8 Å². The molecule has 2 aromatic rings. The lowest BCUT2D eigenvalue weighted by molar-refractivity contribution is -0.127. The number of hydrogen-bond donors (Lipinski definition) is 1. The van der Waals surface area contributed by atoms with Crippen LogP contribution >= 0.6 is 0 Å². The number of carbonyl (C=O) groups is 1. The quantitative estimate of drug-likeness (QED) is 0.561. The van der Waals surface area contributed by atoms with Crippen molar-refractivity contribution >= 4 is 16.8 Å². The van der Waals surface area contributed by atoms with Crippen molar-refractivity contribution in [1.29, 1.82) is 0 Å². The number of aromatic nitrogens is 1. The van der Waals surface area contributed by atoms with Gasteiger partial charge in [-0.3, -0.25) is 9.69 Å². The maximum absolute atomic E-state index is 13.5. The van der Waals surface area contributed by atoms with Gasteiger partial charge in [-0.25, -0.2) is 0 Å². The zero-order chi connectivity index (χ0) is 22.2. The molecular formula is C26H35N3O3. The number of methoxy groups -OCH3 is 2. The summed E-state index contributed by atoms with van der Waals surface area (Å²) >= 11 is 0. The van der Waals surface area contributed by atoms with Crippen LogP contribution in [0, 0.1) is 11.8 Å². The predicted molar refractivity (Wildman–Crippen MR) is 126 cm³/mol. The number of rotatable bonds is 5. The lowest BCUT2D eigenvalue weighted by Gasteiger charge is -2.46. The Kier molecular flexibility index (Phi) is 5.89. The first-order chi connectivity index (χ1) is 15.7. The second-order valence-corrected chi connectivity index (χ2v) is 9.48. The van der Waals surface area contributed by atoms with Crippen LogP contribution in [0.2, 0.25) is 0 Å². The Morgan fingerprint density at radius 3 is 2.75 bits per heavy atom. The number of likely N-dealkylation sites (tertiary alicyclic amines) is 1. The minimum atomic E-state index is 0.176. The normalized spacial score (nSPS) is 26.2. The minimum Gasteiger partial charge on any atom is -0.504 e. The Bertz CT molecular complexity index is 1020. The van der Waals surface area contributed by atoms with Crippen LogP contribution in [0.5, 0.6) is 5.75 Å². The van der Waals surface area contributed by atoms with Gasteiger partial charge in [-0.05, 0) is 55.2 Å². The van der Waals surface area contributed by atoms with Gasteiger partial charge in [-0.1, -0.05) is 19.4 Å². The largest absolute Gasteiger partial charge is 0.504 e. The summed E-state index contributed by atoms with van der Waals surface area (Å²) in [6.45, 7) is 6.06. The molecule has 2 fully saturated rings. The summed E-state index contributed by atoms with van der Waals surface area (Å²) in [6, 6.07) is 6.53. The van der Waals surface area contributed by atoms with Crippen molar-refractivity contribution in [2.75, 3.05) is 40.4 Å². The molecule has 0 unspecified atom stereocenters. The van der Waals surface area contributed by atoms with Crippen molar-refractivity contribution in [3.05, 3.63) is 41.3 Å². The zero-order valence-corrected chi connectivity index (χ0v) is 19.5. The highest BCUT2D eigenvalue weighted by molar-refractivity contribution is 5.94. The van der Waals surface area contributed by atoms with Gasteiger partial charge in [0.25, 0.3) is 5.91 Å². The maximum Gasteiger partial charge on any atom is 0.253 e. The number of amides is 1. The van der Waals surface area contributed by atoms with E-state index in [1.807, 2.05) is 17.0 Å². The van der Waals surface area contributed by atoms with E-state index >= 15 is 0 Å².